The highest BCUT2D eigenvalue weighted by molar-refractivity contribution is 6.16. The van der Waals surface area contributed by atoms with Gasteiger partial charge in [0.2, 0.25) is 0 Å². The highest BCUT2D eigenvalue weighted by Gasteiger charge is 2.22. The SMILES string of the molecule is C=C/C=C\C=C/Cc1nc(C2=CCC(c3ccccc3)C=C2)nc(-c2c(-c3ccc4ccc5ccccc5c4c3)ccc3oc4ccccc4c23)n1. The summed E-state index contributed by atoms with van der Waals surface area (Å²) < 4.78 is 6.45. The summed E-state index contributed by atoms with van der Waals surface area (Å²) >= 11 is 0. The number of benzene rings is 6. The molecule has 0 amide bonds. The van der Waals surface area contributed by atoms with Gasteiger partial charge in [-0.1, -0.05) is 152 Å². The Kier molecular flexibility index (Phi) is 8.18. The van der Waals surface area contributed by atoms with E-state index in [1.807, 2.05) is 30.4 Å². The summed E-state index contributed by atoms with van der Waals surface area (Å²) in [6, 6.07) is 42.8. The van der Waals surface area contributed by atoms with Gasteiger partial charge in [-0.25, -0.2) is 15.0 Å². The van der Waals surface area contributed by atoms with Crippen molar-refractivity contribution in [3.05, 3.63) is 194 Å². The van der Waals surface area contributed by atoms with E-state index in [2.05, 4.69) is 140 Å². The molecule has 8 aromatic rings. The van der Waals surface area contributed by atoms with Gasteiger partial charge in [-0.2, -0.15) is 0 Å². The third kappa shape index (κ3) is 5.84. The average Bonchev–Trinajstić information content (AvgIpc) is 3.59. The van der Waals surface area contributed by atoms with Crippen molar-refractivity contribution in [2.75, 3.05) is 0 Å². The largest absolute Gasteiger partial charge is 0.456 e. The highest BCUT2D eigenvalue weighted by Crippen LogP contribution is 2.43. The number of nitrogens with zero attached hydrogens (tertiary/aromatic N) is 3. The Labute approximate surface area is 302 Å². The Bertz CT molecular complexity index is 2770. The van der Waals surface area contributed by atoms with E-state index in [0.717, 1.165) is 50.6 Å². The van der Waals surface area contributed by atoms with Crippen LogP contribution in [-0.4, -0.2) is 15.0 Å². The molecule has 0 radical (unpaired) electrons. The molecule has 0 spiro atoms. The highest BCUT2D eigenvalue weighted by atomic mass is 16.3. The van der Waals surface area contributed by atoms with E-state index in [1.165, 1.54) is 27.1 Å². The van der Waals surface area contributed by atoms with Crippen molar-refractivity contribution in [1.82, 2.24) is 15.0 Å². The average molecular weight is 670 g/mol. The monoisotopic (exact) mass is 669 g/mol. The zero-order valence-electron chi connectivity index (χ0n) is 28.6. The molecule has 52 heavy (non-hydrogen) atoms. The van der Waals surface area contributed by atoms with Crippen LogP contribution in [0.5, 0.6) is 0 Å². The lowest BCUT2D eigenvalue weighted by Gasteiger charge is -2.17. The minimum Gasteiger partial charge on any atom is -0.456 e. The van der Waals surface area contributed by atoms with E-state index >= 15 is 0 Å². The first-order valence-corrected chi connectivity index (χ1v) is 17.7. The molecule has 1 atom stereocenters. The summed E-state index contributed by atoms with van der Waals surface area (Å²) in [5.41, 5.74) is 6.99. The van der Waals surface area contributed by atoms with Crippen molar-refractivity contribution in [2.45, 2.75) is 18.8 Å². The number of furan rings is 1. The van der Waals surface area contributed by atoms with E-state index in [1.54, 1.807) is 6.08 Å². The number of allylic oxidation sites excluding steroid dienone is 9. The van der Waals surface area contributed by atoms with E-state index in [0.29, 0.717) is 29.8 Å². The molecule has 1 unspecified atom stereocenters. The number of fused-ring (bicyclic) bond motifs is 6. The first-order chi connectivity index (χ1) is 25.7. The molecule has 0 fully saturated rings. The second-order valence-corrected chi connectivity index (χ2v) is 13.1. The third-order valence-corrected chi connectivity index (χ3v) is 9.89. The number of hydrogen-bond acceptors (Lipinski definition) is 4. The van der Waals surface area contributed by atoms with Gasteiger partial charge < -0.3 is 4.42 Å². The topological polar surface area (TPSA) is 51.8 Å². The standard InChI is InChI=1S/C48H35N3O/c1-2-3-4-5-9-20-44-49-47(36-26-21-33(22-27-36)32-14-7-6-8-15-32)51-48(50-44)46-39(29-30-43-45(46)40-18-12-13-19-42(40)52-43)37-28-25-35-24-23-34-16-10-11-17-38(34)41(35)31-37/h2-19,21,23-31,33H,1,20,22H2/b4-3-,9-5-. The van der Waals surface area contributed by atoms with Gasteiger partial charge in [0.1, 0.15) is 17.0 Å². The quantitative estimate of drug-likeness (QED) is 0.119. The Hall–Kier alpha value is -6.65. The summed E-state index contributed by atoms with van der Waals surface area (Å²) in [4.78, 5) is 15.5. The predicted octanol–water partition coefficient (Wildman–Crippen LogP) is 12.4. The number of para-hydroxylation sites is 1. The van der Waals surface area contributed by atoms with Gasteiger partial charge in [-0.15, -0.1) is 0 Å². The van der Waals surface area contributed by atoms with Gasteiger partial charge in [0.25, 0.3) is 0 Å². The molecule has 2 heterocycles. The van der Waals surface area contributed by atoms with Crippen molar-refractivity contribution < 1.29 is 4.42 Å². The van der Waals surface area contributed by atoms with Gasteiger partial charge >= 0.3 is 0 Å². The predicted molar refractivity (Wildman–Crippen MR) is 216 cm³/mol. The van der Waals surface area contributed by atoms with Gasteiger partial charge in [-0.05, 0) is 68.9 Å². The maximum absolute atomic E-state index is 6.45. The van der Waals surface area contributed by atoms with E-state index in [4.69, 9.17) is 19.4 Å². The van der Waals surface area contributed by atoms with E-state index in [-0.39, 0.29) is 0 Å². The summed E-state index contributed by atoms with van der Waals surface area (Å²) in [5.74, 6) is 2.30. The molecule has 1 aliphatic rings. The second-order valence-electron chi connectivity index (χ2n) is 13.1. The lowest BCUT2D eigenvalue weighted by molar-refractivity contribution is 0.669. The summed E-state index contributed by atoms with van der Waals surface area (Å²) in [6.07, 6.45) is 17.8. The van der Waals surface area contributed by atoms with Crippen LogP contribution in [0, 0.1) is 0 Å². The molecule has 0 bridgehead atoms. The van der Waals surface area contributed by atoms with E-state index in [9.17, 15) is 0 Å². The van der Waals surface area contributed by atoms with Gasteiger partial charge in [0, 0.05) is 34.2 Å². The maximum atomic E-state index is 6.45. The summed E-state index contributed by atoms with van der Waals surface area (Å²) in [5, 5.41) is 6.88. The fourth-order valence-electron chi connectivity index (χ4n) is 7.34. The molecule has 0 saturated heterocycles. The van der Waals surface area contributed by atoms with Crippen LogP contribution in [0.2, 0.25) is 0 Å². The molecule has 6 aromatic carbocycles. The third-order valence-electron chi connectivity index (χ3n) is 9.89. The van der Waals surface area contributed by atoms with E-state index < -0.39 is 0 Å². The van der Waals surface area contributed by atoms with Gasteiger partial charge in [0.15, 0.2) is 11.6 Å². The van der Waals surface area contributed by atoms with Crippen LogP contribution in [0.15, 0.2) is 181 Å². The fraction of sp³-hybridized carbons (Fsp3) is 0.0625. The van der Waals surface area contributed by atoms with Crippen molar-refractivity contribution in [1.29, 1.82) is 0 Å². The Morgan fingerprint density at radius 1 is 0.673 bits per heavy atom. The minimum absolute atomic E-state index is 0.312. The zero-order chi connectivity index (χ0) is 34.9. The van der Waals surface area contributed by atoms with Crippen LogP contribution in [0.3, 0.4) is 0 Å². The number of aromatic nitrogens is 3. The van der Waals surface area contributed by atoms with Crippen molar-refractivity contribution in [3.63, 3.8) is 0 Å². The number of rotatable bonds is 8. The van der Waals surface area contributed by atoms with Gasteiger partial charge in [0.05, 0.1) is 0 Å². The van der Waals surface area contributed by atoms with Gasteiger partial charge in [-0.3, -0.25) is 0 Å². The summed E-state index contributed by atoms with van der Waals surface area (Å²) in [7, 11) is 0. The first kappa shape index (κ1) is 31.3. The smallest absolute Gasteiger partial charge is 0.165 e. The Morgan fingerprint density at radius 3 is 2.29 bits per heavy atom. The van der Waals surface area contributed by atoms with Crippen LogP contribution in [-0.2, 0) is 6.42 Å². The lowest BCUT2D eigenvalue weighted by atomic mass is 9.90. The molecular weight excluding hydrogens is 635 g/mol. The van der Waals surface area contributed by atoms with Crippen molar-refractivity contribution in [3.8, 4) is 22.5 Å². The molecule has 248 valence electrons. The normalized spacial score (nSPS) is 14.7. The van der Waals surface area contributed by atoms with Crippen LogP contribution < -0.4 is 0 Å². The molecule has 0 aliphatic heterocycles. The van der Waals surface area contributed by atoms with Crippen LogP contribution >= 0.6 is 0 Å². The first-order valence-electron chi connectivity index (χ1n) is 17.7. The lowest BCUT2D eigenvalue weighted by Crippen LogP contribution is -2.07. The molecule has 9 rings (SSSR count). The molecule has 4 nitrogen and oxygen atoms in total. The van der Waals surface area contributed by atoms with Crippen LogP contribution in [0.1, 0.15) is 29.6 Å². The van der Waals surface area contributed by atoms with Crippen LogP contribution in [0.25, 0.3) is 71.6 Å². The molecule has 0 saturated carbocycles. The summed E-state index contributed by atoms with van der Waals surface area (Å²) in [6.45, 7) is 3.78. The van der Waals surface area contributed by atoms with Crippen LogP contribution in [0.4, 0.5) is 0 Å². The Balaban J connectivity index is 1.26. The molecule has 1 aliphatic carbocycles. The van der Waals surface area contributed by atoms with Crippen molar-refractivity contribution >= 4 is 49.1 Å². The fourth-order valence-corrected chi connectivity index (χ4v) is 7.34. The number of hydrogen-bond donors (Lipinski definition) is 0. The Morgan fingerprint density at radius 2 is 1.44 bits per heavy atom. The van der Waals surface area contributed by atoms with Crippen molar-refractivity contribution in [2.24, 2.45) is 0 Å². The molecule has 4 heteroatoms. The molecule has 0 N–H and O–H groups in total. The second kappa shape index (κ2) is 13.6. The maximum Gasteiger partial charge on any atom is 0.165 e. The zero-order valence-corrected chi connectivity index (χ0v) is 28.6. The molecular formula is C48H35N3O. The molecule has 2 aromatic heterocycles. The minimum atomic E-state index is 0.312.